The molecule has 134 valence electrons. The van der Waals surface area contributed by atoms with E-state index in [0.717, 1.165) is 49.8 Å². The van der Waals surface area contributed by atoms with Crippen LogP contribution < -0.4 is 4.74 Å². The van der Waals surface area contributed by atoms with E-state index in [4.69, 9.17) is 4.74 Å². The smallest absolute Gasteiger partial charge is 0.145 e. The SMILES string of the molecule is COc1ccc2ncc(F)c(CCCN3CCN(C)CC3C=O)c2c1. The number of fused-ring (bicyclic) bond motifs is 1. The molecule has 0 N–H and O–H groups in total. The van der Waals surface area contributed by atoms with E-state index >= 15 is 0 Å². The molecule has 0 aliphatic carbocycles. The average Bonchev–Trinajstić information content (AvgIpc) is 2.64. The molecule has 0 amide bonds. The zero-order chi connectivity index (χ0) is 17.8. The molecule has 2 heterocycles. The van der Waals surface area contributed by atoms with E-state index in [-0.39, 0.29) is 11.9 Å². The number of benzene rings is 1. The van der Waals surface area contributed by atoms with Crippen LogP contribution in [0.2, 0.25) is 0 Å². The largest absolute Gasteiger partial charge is 0.497 e. The van der Waals surface area contributed by atoms with Gasteiger partial charge in [-0.15, -0.1) is 0 Å². The lowest BCUT2D eigenvalue weighted by molar-refractivity contribution is -0.114. The number of hydrogen-bond donors (Lipinski definition) is 0. The molecule has 6 heteroatoms. The molecule has 1 aliphatic heterocycles. The van der Waals surface area contributed by atoms with Crippen LogP contribution in [-0.2, 0) is 11.2 Å². The molecule has 3 rings (SSSR count). The van der Waals surface area contributed by atoms with Crippen LogP contribution in [-0.4, -0.2) is 67.4 Å². The standard InChI is InChI=1S/C19H24FN3O2/c1-22-8-9-23(14(12-22)13-24)7-3-4-16-17-10-15(25-2)5-6-19(17)21-11-18(16)20/h5-6,10-11,13-14H,3-4,7-9,12H2,1-2H3. The van der Waals surface area contributed by atoms with E-state index in [0.29, 0.717) is 17.7 Å². The molecular formula is C19H24FN3O2. The van der Waals surface area contributed by atoms with Gasteiger partial charge in [0.15, 0.2) is 0 Å². The molecule has 1 fully saturated rings. The van der Waals surface area contributed by atoms with Gasteiger partial charge in [0.05, 0.1) is 24.9 Å². The number of aromatic nitrogens is 1. The minimum absolute atomic E-state index is 0.0714. The number of aldehydes is 1. The van der Waals surface area contributed by atoms with Gasteiger partial charge in [0.1, 0.15) is 17.9 Å². The molecule has 0 spiro atoms. The highest BCUT2D eigenvalue weighted by atomic mass is 19.1. The van der Waals surface area contributed by atoms with E-state index < -0.39 is 0 Å². The molecule has 1 aromatic carbocycles. The molecule has 1 aromatic heterocycles. The number of methoxy groups -OCH3 is 1. The Morgan fingerprint density at radius 2 is 2.24 bits per heavy atom. The number of likely N-dealkylation sites (N-methyl/N-ethyl adjacent to an activating group) is 1. The maximum atomic E-state index is 14.3. The molecule has 1 aliphatic rings. The van der Waals surface area contributed by atoms with Crippen LogP contribution >= 0.6 is 0 Å². The number of carbonyl (C=O) groups excluding carboxylic acids is 1. The fourth-order valence-corrected chi connectivity index (χ4v) is 3.44. The molecule has 2 aromatic rings. The van der Waals surface area contributed by atoms with E-state index in [1.807, 2.05) is 25.2 Å². The van der Waals surface area contributed by atoms with Crippen molar-refractivity contribution in [2.45, 2.75) is 18.9 Å². The number of pyridine rings is 1. The third-order valence-corrected chi connectivity index (χ3v) is 4.90. The van der Waals surface area contributed by atoms with Crippen molar-refractivity contribution < 1.29 is 13.9 Å². The van der Waals surface area contributed by atoms with Gasteiger partial charge in [-0.05, 0) is 50.2 Å². The second-order valence-corrected chi connectivity index (χ2v) is 6.57. The lowest BCUT2D eigenvalue weighted by Gasteiger charge is -2.37. The van der Waals surface area contributed by atoms with Crippen LogP contribution in [0.25, 0.3) is 10.9 Å². The quantitative estimate of drug-likeness (QED) is 0.751. The first-order chi connectivity index (χ1) is 12.1. The van der Waals surface area contributed by atoms with Gasteiger partial charge >= 0.3 is 0 Å². The summed E-state index contributed by atoms with van der Waals surface area (Å²) in [6.45, 7) is 3.36. The van der Waals surface area contributed by atoms with Crippen molar-refractivity contribution in [3.8, 4) is 5.75 Å². The third kappa shape index (κ3) is 3.96. The van der Waals surface area contributed by atoms with Crippen LogP contribution in [0.5, 0.6) is 5.75 Å². The summed E-state index contributed by atoms with van der Waals surface area (Å²) in [5.41, 5.74) is 1.43. The minimum atomic E-state index is -0.286. The van der Waals surface area contributed by atoms with Gasteiger partial charge in [0.25, 0.3) is 0 Å². The number of piperazine rings is 1. The summed E-state index contributed by atoms with van der Waals surface area (Å²) >= 11 is 0. The van der Waals surface area contributed by atoms with Crippen molar-refractivity contribution >= 4 is 17.2 Å². The summed E-state index contributed by atoms with van der Waals surface area (Å²) in [7, 11) is 3.63. The molecule has 1 atom stereocenters. The lowest BCUT2D eigenvalue weighted by Crippen LogP contribution is -2.52. The Hall–Kier alpha value is -2.05. The van der Waals surface area contributed by atoms with E-state index in [9.17, 15) is 9.18 Å². The highest BCUT2D eigenvalue weighted by Gasteiger charge is 2.24. The minimum Gasteiger partial charge on any atom is -0.497 e. The Morgan fingerprint density at radius 3 is 3.00 bits per heavy atom. The number of halogens is 1. The summed E-state index contributed by atoms with van der Waals surface area (Å²) in [5, 5.41) is 0.796. The maximum absolute atomic E-state index is 14.3. The van der Waals surface area contributed by atoms with Gasteiger partial charge in [-0.3, -0.25) is 9.88 Å². The molecule has 1 unspecified atom stereocenters. The predicted octanol–water partition coefficient (Wildman–Crippen LogP) is 2.13. The van der Waals surface area contributed by atoms with Crippen molar-refractivity contribution in [3.05, 3.63) is 35.8 Å². The van der Waals surface area contributed by atoms with Gasteiger partial charge in [0, 0.05) is 25.0 Å². The molecular weight excluding hydrogens is 321 g/mol. The fourth-order valence-electron chi connectivity index (χ4n) is 3.44. The maximum Gasteiger partial charge on any atom is 0.145 e. The molecule has 0 radical (unpaired) electrons. The van der Waals surface area contributed by atoms with Gasteiger partial charge in [0.2, 0.25) is 0 Å². The molecule has 0 bridgehead atoms. The normalized spacial score (nSPS) is 19.2. The molecule has 5 nitrogen and oxygen atoms in total. The van der Waals surface area contributed by atoms with Crippen LogP contribution in [0.3, 0.4) is 0 Å². The Balaban J connectivity index is 1.72. The molecule has 1 saturated heterocycles. The highest BCUT2D eigenvalue weighted by molar-refractivity contribution is 5.83. The number of nitrogens with zero attached hydrogens (tertiary/aromatic N) is 3. The average molecular weight is 345 g/mol. The number of aryl methyl sites for hydroxylation is 1. The second-order valence-electron chi connectivity index (χ2n) is 6.57. The second kappa shape index (κ2) is 7.89. The van der Waals surface area contributed by atoms with Crippen molar-refractivity contribution in [1.82, 2.24) is 14.8 Å². The first-order valence-electron chi connectivity index (χ1n) is 8.61. The number of rotatable bonds is 6. The summed E-state index contributed by atoms with van der Waals surface area (Å²) in [4.78, 5) is 19.8. The zero-order valence-electron chi connectivity index (χ0n) is 14.7. The summed E-state index contributed by atoms with van der Waals surface area (Å²) in [6.07, 6.45) is 3.70. The summed E-state index contributed by atoms with van der Waals surface area (Å²) in [5.74, 6) is 0.410. The Kier molecular flexibility index (Phi) is 5.60. The van der Waals surface area contributed by atoms with Crippen LogP contribution in [0.4, 0.5) is 4.39 Å². The van der Waals surface area contributed by atoms with Crippen LogP contribution in [0, 0.1) is 5.82 Å². The Morgan fingerprint density at radius 1 is 1.40 bits per heavy atom. The number of carbonyl (C=O) groups is 1. The third-order valence-electron chi connectivity index (χ3n) is 4.90. The van der Waals surface area contributed by atoms with Gasteiger partial charge in [-0.25, -0.2) is 4.39 Å². The van der Waals surface area contributed by atoms with E-state index in [1.165, 1.54) is 6.20 Å². The van der Waals surface area contributed by atoms with Gasteiger partial charge in [-0.2, -0.15) is 0 Å². The summed E-state index contributed by atoms with van der Waals surface area (Å²) in [6, 6.07) is 5.44. The predicted molar refractivity (Wildman–Crippen MR) is 95.5 cm³/mol. The zero-order valence-corrected chi connectivity index (χ0v) is 14.7. The molecule has 25 heavy (non-hydrogen) atoms. The van der Waals surface area contributed by atoms with Crippen molar-refractivity contribution in [3.63, 3.8) is 0 Å². The Bertz CT molecular complexity index is 753. The monoisotopic (exact) mass is 345 g/mol. The number of ether oxygens (including phenoxy) is 1. The van der Waals surface area contributed by atoms with Gasteiger partial charge in [-0.1, -0.05) is 0 Å². The first-order valence-corrected chi connectivity index (χ1v) is 8.61. The van der Waals surface area contributed by atoms with Crippen molar-refractivity contribution in [2.75, 3.05) is 40.3 Å². The van der Waals surface area contributed by atoms with Gasteiger partial charge < -0.3 is 14.4 Å². The highest BCUT2D eigenvalue weighted by Crippen LogP contribution is 2.25. The summed E-state index contributed by atoms with van der Waals surface area (Å²) < 4.78 is 19.6. The number of hydrogen-bond acceptors (Lipinski definition) is 5. The van der Waals surface area contributed by atoms with Crippen molar-refractivity contribution in [1.29, 1.82) is 0 Å². The van der Waals surface area contributed by atoms with Crippen molar-refractivity contribution in [2.24, 2.45) is 0 Å². The van der Waals surface area contributed by atoms with Crippen LogP contribution in [0.1, 0.15) is 12.0 Å². The Labute approximate surface area is 147 Å². The van der Waals surface area contributed by atoms with Crippen LogP contribution in [0.15, 0.2) is 24.4 Å². The van der Waals surface area contributed by atoms with E-state index in [2.05, 4.69) is 14.8 Å². The first kappa shape index (κ1) is 17.8. The fraction of sp³-hybridized carbons (Fsp3) is 0.474. The lowest BCUT2D eigenvalue weighted by atomic mass is 10.0. The topological polar surface area (TPSA) is 45.7 Å². The molecule has 0 saturated carbocycles. The van der Waals surface area contributed by atoms with E-state index in [1.54, 1.807) is 7.11 Å².